The number of aromatic nitrogens is 1. The van der Waals surface area contributed by atoms with Crippen molar-refractivity contribution >= 4 is 5.82 Å². The van der Waals surface area contributed by atoms with Gasteiger partial charge in [0.1, 0.15) is 11.9 Å². The van der Waals surface area contributed by atoms with E-state index in [1.165, 1.54) is 12.8 Å². The fourth-order valence-corrected chi connectivity index (χ4v) is 2.37. The fourth-order valence-electron chi connectivity index (χ4n) is 2.37. The van der Waals surface area contributed by atoms with E-state index in [-0.39, 0.29) is 0 Å². The fraction of sp³-hybridized carbons (Fsp3) is 0.538. The van der Waals surface area contributed by atoms with Gasteiger partial charge in [0, 0.05) is 19.3 Å². The van der Waals surface area contributed by atoms with Crippen LogP contribution >= 0.6 is 0 Å². The molecule has 1 aromatic rings. The number of nitrogens with one attached hydrogen (secondary N) is 1. The van der Waals surface area contributed by atoms with Crippen molar-refractivity contribution in [2.45, 2.75) is 12.8 Å². The van der Waals surface area contributed by atoms with Gasteiger partial charge < -0.3 is 10.2 Å². The molecule has 1 saturated heterocycles. The third kappa shape index (κ3) is 2.95. The van der Waals surface area contributed by atoms with Crippen molar-refractivity contribution in [1.82, 2.24) is 10.3 Å². The highest BCUT2D eigenvalue weighted by Gasteiger charge is 2.20. The maximum absolute atomic E-state index is 8.74. The average molecular weight is 230 g/mol. The Labute approximate surface area is 102 Å². The molecule has 1 aliphatic rings. The van der Waals surface area contributed by atoms with E-state index in [1.807, 2.05) is 19.2 Å². The van der Waals surface area contributed by atoms with Crippen LogP contribution in [0.4, 0.5) is 5.82 Å². The predicted octanol–water partition coefficient (Wildman–Crippen LogP) is 1.39. The smallest absolute Gasteiger partial charge is 0.128 e. The summed E-state index contributed by atoms with van der Waals surface area (Å²) in [5.74, 6) is 1.69. The van der Waals surface area contributed by atoms with Crippen LogP contribution in [0.2, 0.25) is 0 Å². The molecule has 1 atom stereocenters. The lowest BCUT2D eigenvalue weighted by molar-refractivity contribution is 0.401. The van der Waals surface area contributed by atoms with E-state index in [4.69, 9.17) is 5.26 Å². The van der Waals surface area contributed by atoms with Gasteiger partial charge in [0.05, 0.1) is 5.56 Å². The zero-order valence-electron chi connectivity index (χ0n) is 10.2. The number of hydrogen-bond acceptors (Lipinski definition) is 4. The van der Waals surface area contributed by atoms with Crippen molar-refractivity contribution in [3.8, 4) is 6.07 Å². The molecule has 4 heteroatoms. The minimum absolute atomic E-state index is 0.623. The summed E-state index contributed by atoms with van der Waals surface area (Å²) < 4.78 is 0. The van der Waals surface area contributed by atoms with Gasteiger partial charge in [0.15, 0.2) is 0 Å². The summed E-state index contributed by atoms with van der Waals surface area (Å²) in [7, 11) is 2.00. The van der Waals surface area contributed by atoms with E-state index in [0.29, 0.717) is 11.5 Å². The Kier molecular flexibility index (Phi) is 3.94. The average Bonchev–Trinajstić information content (AvgIpc) is 2.40. The van der Waals surface area contributed by atoms with Crippen molar-refractivity contribution in [3.63, 3.8) is 0 Å². The summed E-state index contributed by atoms with van der Waals surface area (Å²) in [6.07, 6.45) is 4.15. The summed E-state index contributed by atoms with van der Waals surface area (Å²) in [6.45, 7) is 3.19. The molecule has 1 fully saturated rings. The maximum Gasteiger partial charge on any atom is 0.128 e. The van der Waals surface area contributed by atoms with Crippen molar-refractivity contribution in [2.24, 2.45) is 5.92 Å². The summed E-state index contributed by atoms with van der Waals surface area (Å²) in [5, 5.41) is 12.0. The first-order valence-corrected chi connectivity index (χ1v) is 6.09. The Morgan fingerprint density at radius 2 is 2.47 bits per heavy atom. The normalized spacial score (nSPS) is 20.0. The molecular weight excluding hydrogens is 212 g/mol. The highest BCUT2D eigenvalue weighted by molar-refractivity contribution is 5.42. The second-order valence-corrected chi connectivity index (χ2v) is 4.53. The van der Waals surface area contributed by atoms with Crippen molar-refractivity contribution in [1.29, 1.82) is 5.26 Å². The lowest BCUT2D eigenvalue weighted by Crippen LogP contribution is -2.39. The minimum Gasteiger partial charge on any atom is -0.356 e. The Hall–Kier alpha value is -1.60. The van der Waals surface area contributed by atoms with Gasteiger partial charge in [-0.05, 0) is 44.5 Å². The molecule has 0 saturated carbocycles. The van der Waals surface area contributed by atoms with Gasteiger partial charge in [-0.2, -0.15) is 5.26 Å². The third-order valence-corrected chi connectivity index (χ3v) is 3.21. The van der Waals surface area contributed by atoms with E-state index >= 15 is 0 Å². The maximum atomic E-state index is 8.74. The van der Waals surface area contributed by atoms with Crippen molar-refractivity contribution < 1.29 is 0 Å². The minimum atomic E-state index is 0.623. The van der Waals surface area contributed by atoms with Crippen LogP contribution in [0.1, 0.15) is 18.4 Å². The van der Waals surface area contributed by atoms with E-state index in [1.54, 1.807) is 6.20 Å². The molecule has 90 valence electrons. The first-order chi connectivity index (χ1) is 8.33. The largest absolute Gasteiger partial charge is 0.356 e. The summed E-state index contributed by atoms with van der Waals surface area (Å²) in [6, 6.07) is 5.88. The summed E-state index contributed by atoms with van der Waals surface area (Å²) in [4.78, 5) is 6.66. The predicted molar refractivity (Wildman–Crippen MR) is 67.8 cm³/mol. The topological polar surface area (TPSA) is 52.0 Å². The lowest BCUT2D eigenvalue weighted by Gasteiger charge is -2.33. The Bertz CT molecular complexity index is 391. The van der Waals surface area contributed by atoms with Crippen LogP contribution in [0.25, 0.3) is 0 Å². The molecule has 1 aromatic heterocycles. The van der Waals surface area contributed by atoms with Crippen LogP contribution in [0.3, 0.4) is 0 Å². The molecule has 1 N–H and O–H groups in total. The van der Waals surface area contributed by atoms with Crippen molar-refractivity contribution in [3.05, 3.63) is 23.9 Å². The first-order valence-electron chi connectivity index (χ1n) is 6.09. The van der Waals surface area contributed by atoms with Gasteiger partial charge in [-0.25, -0.2) is 4.98 Å². The first kappa shape index (κ1) is 11.9. The van der Waals surface area contributed by atoms with E-state index in [9.17, 15) is 0 Å². The van der Waals surface area contributed by atoms with Crippen LogP contribution in [-0.4, -0.2) is 31.7 Å². The van der Waals surface area contributed by atoms with E-state index in [0.717, 1.165) is 25.5 Å². The van der Waals surface area contributed by atoms with Gasteiger partial charge in [-0.15, -0.1) is 0 Å². The van der Waals surface area contributed by atoms with Crippen LogP contribution in [0, 0.1) is 17.2 Å². The molecule has 0 radical (unpaired) electrons. The van der Waals surface area contributed by atoms with Crippen LogP contribution in [-0.2, 0) is 0 Å². The number of pyridine rings is 1. The molecule has 17 heavy (non-hydrogen) atoms. The molecule has 2 heterocycles. The second-order valence-electron chi connectivity index (χ2n) is 4.53. The van der Waals surface area contributed by atoms with Gasteiger partial charge >= 0.3 is 0 Å². The highest BCUT2D eigenvalue weighted by atomic mass is 15.2. The molecule has 0 aliphatic carbocycles. The molecule has 0 bridgehead atoms. The zero-order chi connectivity index (χ0) is 12.1. The zero-order valence-corrected chi connectivity index (χ0v) is 10.2. The lowest BCUT2D eigenvalue weighted by atomic mass is 9.98. The number of anilines is 1. The standard InChI is InChI=1S/C13H18N4/c1-15-8-12-3-2-6-17(10-12)13-5-4-11(7-14)9-16-13/h4-5,9,12,15H,2-3,6,8,10H2,1H3. The number of piperidine rings is 1. The van der Waals surface area contributed by atoms with Gasteiger partial charge in [-0.3, -0.25) is 0 Å². The molecule has 0 spiro atoms. The third-order valence-electron chi connectivity index (χ3n) is 3.21. The molecular formula is C13H18N4. The van der Waals surface area contributed by atoms with Crippen LogP contribution in [0.5, 0.6) is 0 Å². The van der Waals surface area contributed by atoms with Gasteiger partial charge in [0.25, 0.3) is 0 Å². The van der Waals surface area contributed by atoms with Crippen LogP contribution < -0.4 is 10.2 Å². The summed E-state index contributed by atoms with van der Waals surface area (Å²) in [5.41, 5.74) is 0.623. The number of rotatable bonds is 3. The Morgan fingerprint density at radius 1 is 1.59 bits per heavy atom. The molecule has 0 amide bonds. The SMILES string of the molecule is CNCC1CCCN(c2ccc(C#N)cn2)C1. The number of nitriles is 1. The van der Waals surface area contributed by atoms with E-state index < -0.39 is 0 Å². The number of hydrogen-bond donors (Lipinski definition) is 1. The quantitative estimate of drug-likeness (QED) is 0.852. The molecule has 2 rings (SSSR count). The van der Waals surface area contributed by atoms with E-state index in [2.05, 4.69) is 21.3 Å². The van der Waals surface area contributed by atoms with Crippen molar-refractivity contribution in [2.75, 3.05) is 31.6 Å². The Balaban J connectivity index is 2.03. The monoisotopic (exact) mass is 230 g/mol. The van der Waals surface area contributed by atoms with Crippen LogP contribution in [0.15, 0.2) is 18.3 Å². The number of nitrogens with zero attached hydrogens (tertiary/aromatic N) is 3. The molecule has 4 nitrogen and oxygen atoms in total. The molecule has 1 unspecified atom stereocenters. The Morgan fingerprint density at radius 3 is 3.12 bits per heavy atom. The van der Waals surface area contributed by atoms with Gasteiger partial charge in [0.2, 0.25) is 0 Å². The van der Waals surface area contributed by atoms with Gasteiger partial charge in [-0.1, -0.05) is 0 Å². The highest BCUT2D eigenvalue weighted by Crippen LogP contribution is 2.21. The summed E-state index contributed by atoms with van der Waals surface area (Å²) >= 11 is 0. The second kappa shape index (κ2) is 5.65. The molecule has 1 aliphatic heterocycles. The molecule has 0 aromatic carbocycles.